The van der Waals surface area contributed by atoms with Crippen molar-refractivity contribution in [1.82, 2.24) is 4.98 Å². The van der Waals surface area contributed by atoms with E-state index in [4.69, 9.17) is 0 Å². The van der Waals surface area contributed by atoms with Crippen molar-refractivity contribution in [2.24, 2.45) is 0 Å². The zero-order valence-corrected chi connectivity index (χ0v) is 27.4. The van der Waals surface area contributed by atoms with Crippen LogP contribution in [0.2, 0.25) is 0 Å². The van der Waals surface area contributed by atoms with E-state index in [0.29, 0.717) is 0 Å². The first-order valence-electron chi connectivity index (χ1n) is 18.4. The summed E-state index contributed by atoms with van der Waals surface area (Å²) in [6.45, 7) is 8.08. The Hall–Kier alpha value is -0.790. The number of aromatic amines is 1. The number of H-pyrrole nitrogens is 1. The molecule has 0 aliphatic heterocycles. The summed E-state index contributed by atoms with van der Waals surface area (Å²) in [5.41, 5.74) is 0. The van der Waals surface area contributed by atoms with Crippen molar-refractivity contribution in [3.63, 3.8) is 0 Å². The minimum Gasteiger partial charge on any atom is -0.247 e. The summed E-state index contributed by atoms with van der Waals surface area (Å²) in [6.07, 6.45) is 46.0. The Morgan fingerprint density at radius 3 is 1.13 bits per heavy atom. The lowest BCUT2D eigenvalue weighted by Crippen LogP contribution is -2.37. The van der Waals surface area contributed by atoms with Gasteiger partial charge in [0.25, 0.3) is 5.82 Å². The minimum absolute atomic E-state index is 0.729. The maximum Gasteiger partial charge on any atom is 0.257 e. The van der Waals surface area contributed by atoms with Gasteiger partial charge in [0.2, 0.25) is 0 Å². The fourth-order valence-corrected chi connectivity index (χ4v) is 6.40. The predicted molar refractivity (Wildman–Crippen MR) is 175 cm³/mol. The summed E-state index contributed by atoms with van der Waals surface area (Å²) in [6, 6.07) is 0. The van der Waals surface area contributed by atoms with Crippen molar-refractivity contribution in [3.8, 4) is 0 Å². The molecule has 0 saturated carbocycles. The Morgan fingerprint density at radius 2 is 0.795 bits per heavy atom. The molecule has 0 radical (unpaired) electrons. The number of hydrogen-bond acceptors (Lipinski definition) is 0. The summed E-state index contributed by atoms with van der Waals surface area (Å²) in [4.78, 5) is 3.65. The van der Waals surface area contributed by atoms with Gasteiger partial charge in [-0.05, 0) is 19.3 Å². The van der Waals surface area contributed by atoms with E-state index in [1.165, 1.54) is 192 Å². The lowest BCUT2D eigenvalue weighted by atomic mass is 9.93. The van der Waals surface area contributed by atoms with Gasteiger partial charge in [-0.25, -0.2) is 9.55 Å². The largest absolute Gasteiger partial charge is 0.257 e. The van der Waals surface area contributed by atoms with Crippen LogP contribution < -0.4 is 4.57 Å². The summed E-state index contributed by atoms with van der Waals surface area (Å²) in [5.74, 6) is 2.24. The molecule has 1 aromatic heterocycles. The van der Waals surface area contributed by atoms with E-state index in [1.807, 2.05) is 0 Å². The highest BCUT2D eigenvalue weighted by molar-refractivity contribution is 4.90. The van der Waals surface area contributed by atoms with Crippen molar-refractivity contribution >= 4 is 0 Å². The maximum atomic E-state index is 3.65. The Bertz CT molecular complexity index is 562. The van der Waals surface area contributed by atoms with Crippen LogP contribution in [0, 0.1) is 0 Å². The molecule has 2 heteroatoms. The number of rotatable bonds is 31. The van der Waals surface area contributed by atoms with Gasteiger partial charge >= 0.3 is 0 Å². The van der Waals surface area contributed by atoms with Gasteiger partial charge in [-0.2, -0.15) is 0 Å². The molecule has 0 saturated heterocycles. The van der Waals surface area contributed by atoms with Crippen molar-refractivity contribution in [1.29, 1.82) is 0 Å². The fraction of sp³-hybridized carbons (Fsp3) is 0.919. The quantitative estimate of drug-likeness (QED) is 0.0707. The second-order valence-electron chi connectivity index (χ2n) is 12.8. The van der Waals surface area contributed by atoms with Gasteiger partial charge < -0.3 is 0 Å². The van der Waals surface area contributed by atoms with Gasteiger partial charge in [0.05, 0.1) is 12.5 Å². The number of hydrogen-bond donors (Lipinski definition) is 1. The molecule has 39 heavy (non-hydrogen) atoms. The van der Waals surface area contributed by atoms with Gasteiger partial charge in [0.15, 0.2) is 0 Å². The van der Waals surface area contributed by atoms with Crippen LogP contribution in [0.25, 0.3) is 0 Å². The SMILES string of the molecule is CCCCCCCCCCCCCCCC(CCCCCCCCCCCCCCC)c1[nH]cc[n+]1CCC. The van der Waals surface area contributed by atoms with E-state index in [9.17, 15) is 0 Å². The summed E-state index contributed by atoms with van der Waals surface area (Å²) in [5, 5.41) is 0. The lowest BCUT2D eigenvalue weighted by molar-refractivity contribution is -0.704. The van der Waals surface area contributed by atoms with Crippen molar-refractivity contribution in [3.05, 3.63) is 18.2 Å². The lowest BCUT2D eigenvalue weighted by Gasteiger charge is -2.14. The summed E-state index contributed by atoms with van der Waals surface area (Å²) < 4.78 is 2.51. The molecule has 0 aliphatic rings. The molecule has 2 nitrogen and oxygen atoms in total. The third-order valence-electron chi connectivity index (χ3n) is 8.96. The molecule has 0 aliphatic carbocycles. The smallest absolute Gasteiger partial charge is 0.247 e. The van der Waals surface area contributed by atoms with Gasteiger partial charge in [-0.3, -0.25) is 0 Å². The molecule has 0 atom stereocenters. The number of unbranched alkanes of at least 4 members (excludes halogenated alkanes) is 24. The molecular weight excluding hydrogens is 472 g/mol. The number of aryl methyl sites for hydroxylation is 1. The molecule has 0 spiro atoms. The normalized spacial score (nSPS) is 11.7. The van der Waals surface area contributed by atoms with Crippen LogP contribution in [0.15, 0.2) is 12.4 Å². The zero-order valence-electron chi connectivity index (χ0n) is 27.4. The van der Waals surface area contributed by atoms with Crippen LogP contribution >= 0.6 is 0 Å². The number of imidazole rings is 1. The van der Waals surface area contributed by atoms with Gasteiger partial charge in [0, 0.05) is 0 Å². The number of nitrogens with one attached hydrogen (secondary N) is 1. The van der Waals surface area contributed by atoms with Crippen LogP contribution in [0.5, 0.6) is 0 Å². The Kier molecular flexibility index (Phi) is 26.7. The Balaban J connectivity index is 2.13. The van der Waals surface area contributed by atoms with Crippen LogP contribution in [0.4, 0.5) is 0 Å². The van der Waals surface area contributed by atoms with Crippen molar-refractivity contribution in [2.45, 2.75) is 219 Å². The topological polar surface area (TPSA) is 19.7 Å². The summed E-state index contributed by atoms with van der Waals surface area (Å²) in [7, 11) is 0. The van der Waals surface area contributed by atoms with Gasteiger partial charge in [0.1, 0.15) is 12.4 Å². The number of aromatic nitrogens is 2. The highest BCUT2D eigenvalue weighted by Gasteiger charge is 2.22. The molecule has 1 aromatic rings. The molecule has 1 N–H and O–H groups in total. The molecule has 1 rings (SSSR count). The standard InChI is InChI=1S/C37H72N2/c1-4-7-9-11-13-15-17-19-21-23-25-27-29-31-36(37-38-33-35-39(37)34-6-3)32-30-28-26-24-22-20-18-16-14-12-10-8-5-2/h33,35-36H,4-32,34H2,1-3H3/p+1. The molecule has 0 fully saturated rings. The highest BCUT2D eigenvalue weighted by atomic mass is 15.1. The first kappa shape index (κ1) is 36.2. The third-order valence-corrected chi connectivity index (χ3v) is 8.96. The van der Waals surface area contributed by atoms with E-state index in [2.05, 4.69) is 42.7 Å². The van der Waals surface area contributed by atoms with Gasteiger partial charge in [-0.15, -0.1) is 0 Å². The Morgan fingerprint density at radius 1 is 0.462 bits per heavy atom. The van der Waals surface area contributed by atoms with E-state index in [0.717, 1.165) is 12.5 Å². The molecular formula is C37H73N2+. The highest BCUT2D eigenvalue weighted by Crippen LogP contribution is 2.26. The molecule has 0 unspecified atom stereocenters. The predicted octanol–water partition coefficient (Wildman–Crippen LogP) is 12.8. The van der Waals surface area contributed by atoms with Crippen LogP contribution in [-0.2, 0) is 6.54 Å². The fourth-order valence-electron chi connectivity index (χ4n) is 6.40. The second kappa shape index (κ2) is 28.7. The summed E-state index contributed by atoms with van der Waals surface area (Å²) >= 11 is 0. The third kappa shape index (κ3) is 21.6. The maximum absolute atomic E-state index is 3.65. The van der Waals surface area contributed by atoms with Crippen LogP contribution in [0.3, 0.4) is 0 Å². The van der Waals surface area contributed by atoms with E-state index >= 15 is 0 Å². The first-order chi connectivity index (χ1) is 19.3. The average Bonchev–Trinajstić information content (AvgIpc) is 3.41. The first-order valence-corrected chi connectivity index (χ1v) is 18.4. The molecule has 0 aromatic carbocycles. The van der Waals surface area contributed by atoms with E-state index in [1.54, 1.807) is 0 Å². The zero-order chi connectivity index (χ0) is 28.1. The average molecular weight is 546 g/mol. The number of nitrogens with zero attached hydrogens (tertiary/aromatic N) is 1. The molecule has 0 bridgehead atoms. The van der Waals surface area contributed by atoms with Crippen LogP contribution in [0.1, 0.15) is 219 Å². The second-order valence-corrected chi connectivity index (χ2v) is 12.8. The van der Waals surface area contributed by atoms with E-state index in [-0.39, 0.29) is 0 Å². The molecule has 230 valence electrons. The van der Waals surface area contributed by atoms with Crippen molar-refractivity contribution in [2.75, 3.05) is 0 Å². The van der Waals surface area contributed by atoms with E-state index < -0.39 is 0 Å². The monoisotopic (exact) mass is 546 g/mol. The molecule has 0 amide bonds. The van der Waals surface area contributed by atoms with Crippen LogP contribution in [-0.4, -0.2) is 4.98 Å². The molecule has 1 heterocycles. The van der Waals surface area contributed by atoms with Crippen molar-refractivity contribution < 1.29 is 4.57 Å². The van der Waals surface area contributed by atoms with Gasteiger partial charge in [-0.1, -0.05) is 188 Å². The minimum atomic E-state index is 0.729. The Labute approximate surface area is 246 Å².